The Bertz CT molecular complexity index is 999. The van der Waals surface area contributed by atoms with Crippen molar-refractivity contribution in [1.82, 2.24) is 0 Å². The molecule has 0 aliphatic carbocycles. The van der Waals surface area contributed by atoms with Gasteiger partial charge in [-0.3, -0.25) is 9.35 Å². The molecule has 0 amide bonds. The second-order valence-corrected chi connectivity index (χ2v) is 17.1. The first-order chi connectivity index (χ1) is 27.1. The van der Waals surface area contributed by atoms with E-state index in [1.165, 1.54) is 141 Å². The van der Waals surface area contributed by atoms with Crippen LogP contribution in [0.25, 0.3) is 0 Å². The van der Waals surface area contributed by atoms with Crippen LogP contribution in [0.4, 0.5) is 0 Å². The van der Waals surface area contributed by atoms with E-state index >= 15 is 0 Å². The molecule has 0 spiro atoms. The normalized spacial score (nSPS) is 20.7. The van der Waals surface area contributed by atoms with Gasteiger partial charge in [0.05, 0.1) is 19.8 Å². The molecule has 334 valence electrons. The zero-order chi connectivity index (χ0) is 41.1. The van der Waals surface area contributed by atoms with Crippen LogP contribution in [-0.2, 0) is 38.3 Å². The highest BCUT2D eigenvalue weighted by Crippen LogP contribution is 2.26. The first-order valence-corrected chi connectivity index (χ1v) is 24.2. The fourth-order valence-electron chi connectivity index (χ4n) is 7.26. The third-order valence-electron chi connectivity index (χ3n) is 10.7. The minimum Gasteiger partial charge on any atom is -0.457 e. The molecular formula is C43H84O12S. The third-order valence-corrected chi connectivity index (χ3v) is 11.2. The van der Waals surface area contributed by atoms with Gasteiger partial charge in [0.15, 0.2) is 6.29 Å². The number of unbranched alkanes of at least 4 members (excludes halogenated alkanes) is 27. The highest BCUT2D eigenvalue weighted by molar-refractivity contribution is 7.80. The lowest BCUT2D eigenvalue weighted by Gasteiger charge is -2.41. The number of carbonyl (C=O) groups excluding carboxylic acids is 1. The van der Waals surface area contributed by atoms with Gasteiger partial charge >= 0.3 is 16.4 Å². The van der Waals surface area contributed by atoms with Gasteiger partial charge in [-0.2, -0.15) is 8.42 Å². The summed E-state index contributed by atoms with van der Waals surface area (Å²) in [6.07, 6.45) is 27.1. The fraction of sp³-hybridized carbons (Fsp3) is 0.977. The van der Waals surface area contributed by atoms with Crippen molar-refractivity contribution in [2.75, 3.05) is 26.4 Å². The molecule has 0 aromatic rings. The van der Waals surface area contributed by atoms with Crippen molar-refractivity contribution in [1.29, 1.82) is 0 Å². The molecule has 13 heteroatoms. The summed E-state index contributed by atoms with van der Waals surface area (Å²) in [5.74, 6) is -0.395. The van der Waals surface area contributed by atoms with E-state index in [2.05, 4.69) is 18.0 Å². The maximum absolute atomic E-state index is 12.8. The maximum atomic E-state index is 12.8. The van der Waals surface area contributed by atoms with E-state index in [-0.39, 0.29) is 19.6 Å². The summed E-state index contributed by atoms with van der Waals surface area (Å²) in [6, 6.07) is 0. The number of carbonyl (C=O) groups is 1. The van der Waals surface area contributed by atoms with E-state index in [0.29, 0.717) is 13.0 Å². The van der Waals surface area contributed by atoms with Crippen LogP contribution in [0.2, 0.25) is 0 Å². The van der Waals surface area contributed by atoms with Gasteiger partial charge in [-0.15, -0.1) is 0 Å². The molecule has 1 aliphatic heterocycles. The molecule has 0 radical (unpaired) electrons. The van der Waals surface area contributed by atoms with Gasteiger partial charge in [0.1, 0.15) is 30.5 Å². The molecule has 12 nitrogen and oxygen atoms in total. The molecule has 1 saturated heterocycles. The SMILES string of the molecule is CCCCCCCCCCCCCCCCCCCOCC(COC1OC(CO)C(O)C(OS(=O)(=O)O)C1O)OC(=O)CCCCCCCCCCCCCC. The average molecular weight is 825 g/mol. The molecule has 1 heterocycles. The van der Waals surface area contributed by atoms with Gasteiger partial charge in [0.25, 0.3) is 0 Å². The van der Waals surface area contributed by atoms with Gasteiger partial charge in [-0.05, 0) is 12.8 Å². The Morgan fingerprint density at radius 2 is 1.02 bits per heavy atom. The minimum atomic E-state index is -5.05. The average Bonchev–Trinajstić information content (AvgIpc) is 3.17. The van der Waals surface area contributed by atoms with Crippen LogP contribution in [-0.4, -0.2) is 97.5 Å². The van der Waals surface area contributed by atoms with E-state index in [1.807, 2.05) is 0 Å². The summed E-state index contributed by atoms with van der Waals surface area (Å²) in [5, 5.41) is 30.6. The van der Waals surface area contributed by atoms with Gasteiger partial charge < -0.3 is 34.3 Å². The molecule has 6 unspecified atom stereocenters. The third kappa shape index (κ3) is 29.3. The van der Waals surface area contributed by atoms with Crippen molar-refractivity contribution in [3.05, 3.63) is 0 Å². The Kier molecular flexibility index (Phi) is 34.1. The smallest absolute Gasteiger partial charge is 0.397 e. The molecule has 0 aromatic heterocycles. The lowest BCUT2D eigenvalue weighted by molar-refractivity contribution is -0.301. The van der Waals surface area contributed by atoms with E-state index < -0.39 is 59.8 Å². The summed E-state index contributed by atoms with van der Waals surface area (Å²) >= 11 is 0. The van der Waals surface area contributed by atoms with Crippen molar-refractivity contribution in [2.45, 2.75) is 243 Å². The Labute approximate surface area is 341 Å². The van der Waals surface area contributed by atoms with Crippen LogP contribution >= 0.6 is 0 Å². The summed E-state index contributed by atoms with van der Waals surface area (Å²) in [5.41, 5.74) is 0. The number of aliphatic hydroxyl groups is 3. The highest BCUT2D eigenvalue weighted by atomic mass is 32.3. The van der Waals surface area contributed by atoms with Crippen LogP contribution in [0.3, 0.4) is 0 Å². The molecule has 0 bridgehead atoms. The lowest BCUT2D eigenvalue weighted by Crippen LogP contribution is -2.60. The topological polar surface area (TPSA) is 178 Å². The second kappa shape index (κ2) is 36.0. The van der Waals surface area contributed by atoms with Crippen LogP contribution in [0.15, 0.2) is 0 Å². The Morgan fingerprint density at radius 3 is 1.43 bits per heavy atom. The molecule has 1 fully saturated rings. The Morgan fingerprint density at radius 1 is 0.607 bits per heavy atom. The predicted molar refractivity (Wildman–Crippen MR) is 221 cm³/mol. The minimum absolute atomic E-state index is 0.0445. The van der Waals surface area contributed by atoms with Crippen molar-refractivity contribution >= 4 is 16.4 Å². The molecule has 1 rings (SSSR count). The first kappa shape index (κ1) is 53.1. The maximum Gasteiger partial charge on any atom is 0.397 e. The second-order valence-electron chi connectivity index (χ2n) is 16.0. The van der Waals surface area contributed by atoms with Crippen LogP contribution in [0.1, 0.15) is 206 Å². The number of rotatable bonds is 40. The quantitative estimate of drug-likeness (QED) is 0.0262. The van der Waals surface area contributed by atoms with Crippen molar-refractivity contribution in [3.8, 4) is 0 Å². The molecule has 0 saturated carbocycles. The molecule has 56 heavy (non-hydrogen) atoms. The lowest BCUT2D eigenvalue weighted by atomic mass is 9.99. The fourth-order valence-corrected chi connectivity index (χ4v) is 7.77. The van der Waals surface area contributed by atoms with Crippen LogP contribution in [0.5, 0.6) is 0 Å². The largest absolute Gasteiger partial charge is 0.457 e. The predicted octanol–water partition coefficient (Wildman–Crippen LogP) is 9.30. The summed E-state index contributed by atoms with van der Waals surface area (Å²) in [4.78, 5) is 12.8. The number of hydrogen-bond donors (Lipinski definition) is 4. The zero-order valence-electron chi connectivity index (χ0n) is 35.5. The van der Waals surface area contributed by atoms with Gasteiger partial charge in [0, 0.05) is 13.0 Å². The number of aliphatic hydroxyl groups excluding tert-OH is 3. The number of esters is 1. The standard InChI is InChI=1S/C43H84O12S/c1-3-5-7-9-11-13-15-17-18-19-20-21-23-25-27-29-31-33-51-35-37(53-39(45)32-30-28-26-24-22-16-14-12-10-8-6-4-2)36-52-43-41(47)42(55-56(48,49)50)40(46)38(34-44)54-43/h37-38,40-44,46-47H,3-36H2,1-2H3,(H,48,49,50). The zero-order valence-corrected chi connectivity index (χ0v) is 36.3. The highest BCUT2D eigenvalue weighted by Gasteiger charge is 2.48. The number of ether oxygens (including phenoxy) is 4. The van der Waals surface area contributed by atoms with E-state index in [4.69, 9.17) is 23.5 Å². The van der Waals surface area contributed by atoms with E-state index in [0.717, 1.165) is 38.5 Å². The van der Waals surface area contributed by atoms with E-state index in [9.17, 15) is 28.5 Å². The summed E-state index contributed by atoms with van der Waals surface area (Å²) in [6.45, 7) is 4.02. The van der Waals surface area contributed by atoms with E-state index in [1.54, 1.807) is 0 Å². The Hall–Kier alpha value is -0.900. The Balaban J connectivity index is 2.40. The molecule has 1 aliphatic rings. The van der Waals surface area contributed by atoms with Crippen LogP contribution < -0.4 is 0 Å². The van der Waals surface area contributed by atoms with Gasteiger partial charge in [-0.25, -0.2) is 4.18 Å². The molecular weight excluding hydrogens is 741 g/mol. The molecule has 0 aromatic carbocycles. The summed E-state index contributed by atoms with van der Waals surface area (Å²) < 4.78 is 59.0. The molecule has 4 N–H and O–H groups in total. The van der Waals surface area contributed by atoms with Gasteiger partial charge in [0.2, 0.25) is 0 Å². The van der Waals surface area contributed by atoms with Crippen molar-refractivity contribution in [3.63, 3.8) is 0 Å². The van der Waals surface area contributed by atoms with Crippen LogP contribution in [0, 0.1) is 0 Å². The summed E-state index contributed by atoms with van der Waals surface area (Å²) in [7, 11) is -5.05. The first-order valence-electron chi connectivity index (χ1n) is 22.8. The van der Waals surface area contributed by atoms with Gasteiger partial charge in [-0.1, -0.05) is 187 Å². The van der Waals surface area contributed by atoms with Crippen molar-refractivity contribution in [2.24, 2.45) is 0 Å². The van der Waals surface area contributed by atoms with Crippen molar-refractivity contribution < 1.29 is 56.2 Å². The monoisotopic (exact) mass is 825 g/mol. The number of hydrogen-bond acceptors (Lipinski definition) is 11. The molecule has 6 atom stereocenters.